The summed E-state index contributed by atoms with van der Waals surface area (Å²) in [6, 6.07) is 4.82. The van der Waals surface area contributed by atoms with Crippen LogP contribution in [0, 0.1) is 0 Å². The molecule has 0 bridgehead atoms. The van der Waals surface area contributed by atoms with Crippen molar-refractivity contribution in [3.63, 3.8) is 0 Å². The highest BCUT2D eigenvalue weighted by atomic mass is 16.5. The van der Waals surface area contributed by atoms with Crippen LogP contribution >= 0.6 is 0 Å². The molecule has 1 spiro atoms. The van der Waals surface area contributed by atoms with Crippen LogP contribution in [0.3, 0.4) is 0 Å². The van der Waals surface area contributed by atoms with Crippen LogP contribution in [-0.2, 0) is 4.79 Å². The zero-order valence-electron chi connectivity index (χ0n) is 15.7. The molecule has 3 N–H and O–H groups in total. The van der Waals surface area contributed by atoms with Crippen molar-refractivity contribution >= 4 is 34.4 Å². The summed E-state index contributed by atoms with van der Waals surface area (Å²) in [5.74, 6) is 0.237. The Labute approximate surface area is 161 Å². The van der Waals surface area contributed by atoms with Crippen molar-refractivity contribution < 1.29 is 19.1 Å². The number of hydrogen-bond acceptors (Lipinski definition) is 6. The predicted molar refractivity (Wildman–Crippen MR) is 102 cm³/mol. The number of methoxy groups -OCH3 is 1. The third-order valence-corrected chi connectivity index (χ3v) is 5.49. The van der Waals surface area contributed by atoms with Crippen LogP contribution in [0.25, 0.3) is 10.8 Å². The average Bonchev–Trinajstić information content (AvgIpc) is 2.89. The molecule has 2 fully saturated rings. The van der Waals surface area contributed by atoms with Gasteiger partial charge in [0.05, 0.1) is 19.2 Å². The Bertz CT molecular complexity index is 1010. The van der Waals surface area contributed by atoms with E-state index in [1.54, 1.807) is 24.4 Å². The lowest BCUT2D eigenvalue weighted by Crippen LogP contribution is -2.58. The van der Waals surface area contributed by atoms with E-state index >= 15 is 0 Å². The van der Waals surface area contributed by atoms with Crippen molar-refractivity contribution in [1.29, 1.82) is 0 Å². The van der Waals surface area contributed by atoms with Crippen LogP contribution in [0.2, 0.25) is 0 Å². The lowest BCUT2D eigenvalue weighted by atomic mass is 9.88. The number of benzene rings is 1. The number of nitrogens with zero attached hydrogens (tertiary/aromatic N) is 3. The number of anilines is 1. The first-order valence-corrected chi connectivity index (χ1v) is 8.98. The third kappa shape index (κ3) is 2.62. The molecule has 1 aromatic carbocycles. The maximum Gasteiger partial charge on any atom is 0.324 e. The van der Waals surface area contributed by atoms with E-state index in [-0.39, 0.29) is 11.9 Å². The minimum Gasteiger partial charge on any atom is -0.496 e. The van der Waals surface area contributed by atoms with Crippen LogP contribution < -0.4 is 20.7 Å². The molecule has 2 saturated heterocycles. The number of primary amides is 1. The first-order chi connectivity index (χ1) is 13.4. The number of amides is 4. The van der Waals surface area contributed by atoms with E-state index in [0.29, 0.717) is 36.6 Å². The van der Waals surface area contributed by atoms with Crippen LogP contribution in [-0.4, -0.2) is 60.5 Å². The van der Waals surface area contributed by atoms with E-state index in [4.69, 9.17) is 10.5 Å². The molecular weight excluding hydrogens is 362 g/mol. The monoisotopic (exact) mass is 383 g/mol. The van der Waals surface area contributed by atoms with Gasteiger partial charge in [-0.1, -0.05) is 0 Å². The number of urea groups is 1. The molecule has 4 amide bonds. The molecule has 3 heterocycles. The minimum absolute atomic E-state index is 0.226. The number of likely N-dealkylation sites (N-methyl/N-ethyl adjacent to an activating group) is 1. The Morgan fingerprint density at radius 3 is 2.79 bits per heavy atom. The largest absolute Gasteiger partial charge is 0.496 e. The second kappa shape index (κ2) is 6.36. The number of piperidine rings is 1. The molecule has 0 saturated carbocycles. The smallest absolute Gasteiger partial charge is 0.324 e. The van der Waals surface area contributed by atoms with Gasteiger partial charge in [-0.25, -0.2) is 9.78 Å². The van der Waals surface area contributed by atoms with Crippen molar-refractivity contribution in [2.45, 2.75) is 18.4 Å². The number of rotatable bonds is 3. The zero-order chi connectivity index (χ0) is 20.1. The highest BCUT2D eigenvalue weighted by Gasteiger charge is 2.52. The summed E-state index contributed by atoms with van der Waals surface area (Å²) in [5, 5.41) is 4.42. The fourth-order valence-electron chi connectivity index (χ4n) is 4.07. The number of nitrogens with one attached hydrogen (secondary N) is 1. The normalized spacial score (nSPS) is 22.1. The van der Waals surface area contributed by atoms with Gasteiger partial charge < -0.3 is 20.7 Å². The molecule has 0 radical (unpaired) electrons. The summed E-state index contributed by atoms with van der Waals surface area (Å²) in [6.45, 7) is 1.02. The van der Waals surface area contributed by atoms with E-state index in [1.165, 1.54) is 14.2 Å². The summed E-state index contributed by atoms with van der Waals surface area (Å²) in [7, 11) is 2.96. The van der Waals surface area contributed by atoms with Crippen molar-refractivity contribution in [2.75, 3.05) is 32.1 Å². The van der Waals surface area contributed by atoms with Gasteiger partial charge in [0.2, 0.25) is 0 Å². The fraction of sp³-hybridized carbons (Fsp3) is 0.368. The van der Waals surface area contributed by atoms with Crippen LogP contribution in [0.5, 0.6) is 5.75 Å². The molecular formula is C19H21N5O4. The molecule has 2 aliphatic heterocycles. The molecule has 0 aliphatic carbocycles. The predicted octanol–water partition coefficient (Wildman–Crippen LogP) is 0.863. The molecule has 28 heavy (non-hydrogen) atoms. The maximum absolute atomic E-state index is 12.7. The van der Waals surface area contributed by atoms with E-state index in [2.05, 4.69) is 10.3 Å². The van der Waals surface area contributed by atoms with Crippen molar-refractivity contribution in [3.05, 3.63) is 30.0 Å². The summed E-state index contributed by atoms with van der Waals surface area (Å²) < 4.78 is 5.33. The van der Waals surface area contributed by atoms with Gasteiger partial charge in [0.1, 0.15) is 17.1 Å². The van der Waals surface area contributed by atoms with E-state index in [0.717, 1.165) is 22.1 Å². The summed E-state index contributed by atoms with van der Waals surface area (Å²) in [4.78, 5) is 44.0. The zero-order valence-corrected chi connectivity index (χ0v) is 15.7. The van der Waals surface area contributed by atoms with Crippen molar-refractivity contribution in [1.82, 2.24) is 15.2 Å². The Hall–Kier alpha value is -3.36. The number of nitrogens with two attached hydrogens (primary N) is 1. The number of fused-ring (bicyclic) bond motifs is 1. The molecule has 1 unspecified atom stereocenters. The fourth-order valence-corrected chi connectivity index (χ4v) is 4.07. The number of imide groups is 1. The van der Waals surface area contributed by atoms with Crippen molar-refractivity contribution in [3.8, 4) is 5.75 Å². The van der Waals surface area contributed by atoms with Crippen molar-refractivity contribution in [2.24, 2.45) is 5.73 Å². The first-order valence-electron chi connectivity index (χ1n) is 8.98. The number of aromatic nitrogens is 1. The highest BCUT2D eigenvalue weighted by molar-refractivity contribution is 6.07. The Morgan fingerprint density at radius 2 is 2.14 bits per heavy atom. The molecule has 146 valence electrons. The van der Waals surface area contributed by atoms with Gasteiger partial charge >= 0.3 is 6.03 Å². The number of hydrogen-bond donors (Lipinski definition) is 2. The maximum atomic E-state index is 12.7. The lowest BCUT2D eigenvalue weighted by molar-refractivity contribution is -0.130. The first kappa shape index (κ1) is 18.0. The molecule has 2 aliphatic rings. The molecule has 2 aromatic rings. The van der Waals surface area contributed by atoms with E-state index < -0.39 is 11.4 Å². The Balaban J connectivity index is 1.78. The molecule has 4 rings (SSSR count). The minimum atomic E-state index is -0.939. The van der Waals surface area contributed by atoms with Crippen LogP contribution in [0.4, 0.5) is 10.6 Å². The number of carbonyl (C=O) groups is 3. The van der Waals surface area contributed by atoms with Gasteiger partial charge in [0, 0.05) is 25.2 Å². The second-order valence-electron chi connectivity index (χ2n) is 7.17. The average molecular weight is 383 g/mol. The van der Waals surface area contributed by atoms with Crippen LogP contribution in [0.15, 0.2) is 24.4 Å². The van der Waals surface area contributed by atoms with Gasteiger partial charge in [0.15, 0.2) is 0 Å². The molecule has 9 nitrogen and oxygen atoms in total. The third-order valence-electron chi connectivity index (χ3n) is 5.49. The quantitative estimate of drug-likeness (QED) is 0.759. The topological polar surface area (TPSA) is 118 Å². The van der Waals surface area contributed by atoms with Gasteiger partial charge in [0.25, 0.3) is 11.8 Å². The summed E-state index contributed by atoms with van der Waals surface area (Å²) in [6.07, 6.45) is 2.96. The molecule has 1 atom stereocenters. The highest BCUT2D eigenvalue weighted by Crippen LogP contribution is 2.35. The Kier molecular flexibility index (Phi) is 4.10. The van der Waals surface area contributed by atoms with Gasteiger partial charge in [-0.15, -0.1) is 0 Å². The van der Waals surface area contributed by atoms with Crippen LogP contribution in [0.1, 0.15) is 23.2 Å². The molecule has 9 heteroatoms. The van der Waals surface area contributed by atoms with E-state index in [9.17, 15) is 14.4 Å². The Morgan fingerprint density at radius 1 is 1.36 bits per heavy atom. The SMILES string of the molecule is COc1cc2c(N3CCCC4(C3)NC(=O)N(C)C4=O)nccc2cc1C(N)=O. The number of carbonyl (C=O) groups excluding carboxylic acids is 3. The number of ether oxygens (including phenoxy) is 1. The second-order valence-corrected chi connectivity index (χ2v) is 7.17. The van der Waals surface area contributed by atoms with Gasteiger partial charge in [-0.3, -0.25) is 14.5 Å². The van der Waals surface area contributed by atoms with E-state index in [1.807, 2.05) is 4.90 Å². The molecule has 1 aromatic heterocycles. The van der Waals surface area contributed by atoms with Gasteiger partial charge in [-0.2, -0.15) is 0 Å². The van der Waals surface area contributed by atoms with Gasteiger partial charge in [-0.05, 0) is 36.4 Å². The summed E-state index contributed by atoms with van der Waals surface area (Å²) >= 11 is 0. The lowest BCUT2D eigenvalue weighted by Gasteiger charge is -2.39. The summed E-state index contributed by atoms with van der Waals surface area (Å²) in [5.41, 5.74) is 4.81. The standard InChI is InChI=1S/C19H21N5O4/c1-23-17(26)19(22-18(23)27)5-3-7-24(10-19)16-12-9-14(28-2)13(15(20)25)8-11(12)4-6-21-16/h4,6,8-9H,3,5,7,10H2,1-2H3,(H2,20,25)(H,22,27). The number of pyridine rings is 1.